The molecule has 1 atom stereocenters. The number of aliphatic hydroxyl groups excluding tert-OH is 1. The number of hydrogen-bond acceptors (Lipinski definition) is 3. The zero-order chi connectivity index (χ0) is 12.0. The van der Waals surface area contributed by atoms with Gasteiger partial charge in [0, 0.05) is 29.5 Å². The smallest absolute Gasteiger partial charge is 0.0431 e. The summed E-state index contributed by atoms with van der Waals surface area (Å²) in [6.45, 7) is 8.00. The summed E-state index contributed by atoms with van der Waals surface area (Å²) in [4.78, 5) is 1.43. The number of thiophene rings is 1. The van der Waals surface area contributed by atoms with Crippen molar-refractivity contribution >= 4 is 11.3 Å². The van der Waals surface area contributed by atoms with E-state index in [4.69, 9.17) is 5.11 Å². The van der Waals surface area contributed by atoms with Crippen molar-refractivity contribution in [2.45, 2.75) is 45.1 Å². The second-order valence-corrected chi connectivity index (χ2v) is 5.96. The molecule has 0 fully saturated rings. The fraction of sp³-hybridized carbons (Fsp3) is 0.692. The van der Waals surface area contributed by atoms with Crippen LogP contribution < -0.4 is 5.32 Å². The molecular weight excluding hydrogens is 218 g/mol. The first-order valence-electron chi connectivity index (χ1n) is 5.94. The zero-order valence-electron chi connectivity index (χ0n) is 10.5. The zero-order valence-corrected chi connectivity index (χ0v) is 11.3. The van der Waals surface area contributed by atoms with E-state index in [0.717, 1.165) is 19.4 Å². The number of rotatable bonds is 7. The van der Waals surface area contributed by atoms with Gasteiger partial charge in [0.15, 0.2) is 0 Å². The normalized spacial score (nSPS) is 14.0. The lowest BCUT2D eigenvalue weighted by atomic mass is 9.91. The van der Waals surface area contributed by atoms with Crippen LogP contribution in [-0.2, 0) is 5.41 Å². The second-order valence-electron chi connectivity index (χ2n) is 5.01. The monoisotopic (exact) mass is 241 g/mol. The molecule has 0 amide bonds. The van der Waals surface area contributed by atoms with E-state index < -0.39 is 0 Å². The van der Waals surface area contributed by atoms with E-state index in [-0.39, 0.29) is 5.41 Å². The van der Waals surface area contributed by atoms with Crippen molar-refractivity contribution in [1.82, 2.24) is 5.32 Å². The maximum Gasteiger partial charge on any atom is 0.0431 e. The minimum atomic E-state index is 0.196. The van der Waals surface area contributed by atoms with E-state index in [1.165, 1.54) is 4.88 Å². The molecule has 1 heterocycles. The van der Waals surface area contributed by atoms with Crippen molar-refractivity contribution in [3.63, 3.8) is 0 Å². The first-order chi connectivity index (χ1) is 7.56. The highest BCUT2D eigenvalue weighted by atomic mass is 32.1. The van der Waals surface area contributed by atoms with Crippen molar-refractivity contribution in [3.05, 3.63) is 22.4 Å². The molecule has 0 aromatic carbocycles. The lowest BCUT2D eigenvalue weighted by Gasteiger charge is -2.26. The maximum atomic E-state index is 8.77. The molecule has 1 aromatic rings. The molecule has 1 aromatic heterocycles. The Morgan fingerprint density at radius 2 is 2.25 bits per heavy atom. The molecule has 3 heteroatoms. The SMILES string of the molecule is CC(CCCO)NCC(C)(C)c1cccs1. The third kappa shape index (κ3) is 4.24. The van der Waals surface area contributed by atoms with E-state index in [1.54, 1.807) is 0 Å². The van der Waals surface area contributed by atoms with Gasteiger partial charge in [-0.2, -0.15) is 0 Å². The molecule has 0 radical (unpaired) electrons. The van der Waals surface area contributed by atoms with Crippen LogP contribution in [0.3, 0.4) is 0 Å². The van der Waals surface area contributed by atoms with Gasteiger partial charge in [0.25, 0.3) is 0 Å². The Morgan fingerprint density at radius 1 is 1.50 bits per heavy atom. The lowest BCUT2D eigenvalue weighted by Crippen LogP contribution is -2.37. The van der Waals surface area contributed by atoms with Gasteiger partial charge >= 0.3 is 0 Å². The Hall–Kier alpha value is -0.380. The van der Waals surface area contributed by atoms with Gasteiger partial charge in [-0.1, -0.05) is 19.9 Å². The molecule has 1 unspecified atom stereocenters. The van der Waals surface area contributed by atoms with Crippen LogP contribution in [0, 0.1) is 0 Å². The molecule has 0 bridgehead atoms. The minimum Gasteiger partial charge on any atom is -0.396 e. The summed E-state index contributed by atoms with van der Waals surface area (Å²) in [6, 6.07) is 4.79. The van der Waals surface area contributed by atoms with Gasteiger partial charge in [-0.05, 0) is 31.2 Å². The van der Waals surface area contributed by atoms with Crippen LogP contribution in [0.15, 0.2) is 17.5 Å². The number of aliphatic hydroxyl groups is 1. The van der Waals surface area contributed by atoms with Crippen LogP contribution in [0.25, 0.3) is 0 Å². The largest absolute Gasteiger partial charge is 0.396 e. The Labute approximate surface area is 103 Å². The molecular formula is C13H23NOS. The Bertz CT molecular complexity index is 282. The van der Waals surface area contributed by atoms with Gasteiger partial charge in [-0.15, -0.1) is 11.3 Å². The Morgan fingerprint density at radius 3 is 2.81 bits per heavy atom. The minimum absolute atomic E-state index is 0.196. The summed E-state index contributed by atoms with van der Waals surface area (Å²) in [7, 11) is 0. The van der Waals surface area contributed by atoms with E-state index >= 15 is 0 Å². The van der Waals surface area contributed by atoms with Crippen molar-refractivity contribution in [2.24, 2.45) is 0 Å². The maximum absolute atomic E-state index is 8.77. The summed E-state index contributed by atoms with van der Waals surface area (Å²) < 4.78 is 0. The van der Waals surface area contributed by atoms with Crippen LogP contribution in [-0.4, -0.2) is 24.3 Å². The predicted molar refractivity (Wildman–Crippen MR) is 71.1 cm³/mol. The quantitative estimate of drug-likeness (QED) is 0.769. The van der Waals surface area contributed by atoms with Crippen molar-refractivity contribution in [1.29, 1.82) is 0 Å². The molecule has 0 aliphatic carbocycles. The molecule has 0 aliphatic heterocycles. The van der Waals surface area contributed by atoms with Gasteiger partial charge in [0.2, 0.25) is 0 Å². The van der Waals surface area contributed by atoms with E-state index in [1.807, 2.05) is 11.3 Å². The summed E-state index contributed by atoms with van der Waals surface area (Å²) in [6.07, 6.45) is 1.92. The lowest BCUT2D eigenvalue weighted by molar-refractivity contribution is 0.274. The molecule has 1 rings (SSSR count). The van der Waals surface area contributed by atoms with Crippen LogP contribution in [0.2, 0.25) is 0 Å². The van der Waals surface area contributed by atoms with Crippen LogP contribution >= 0.6 is 11.3 Å². The molecule has 16 heavy (non-hydrogen) atoms. The van der Waals surface area contributed by atoms with Gasteiger partial charge in [-0.3, -0.25) is 0 Å². The number of nitrogens with one attached hydrogen (secondary N) is 1. The van der Waals surface area contributed by atoms with Gasteiger partial charge in [0.05, 0.1) is 0 Å². The second kappa shape index (κ2) is 6.38. The van der Waals surface area contributed by atoms with Crippen molar-refractivity contribution in [3.8, 4) is 0 Å². The Kier molecular flexibility index (Phi) is 5.46. The topological polar surface area (TPSA) is 32.3 Å². The molecule has 0 saturated heterocycles. The van der Waals surface area contributed by atoms with Gasteiger partial charge < -0.3 is 10.4 Å². The van der Waals surface area contributed by atoms with Crippen molar-refractivity contribution < 1.29 is 5.11 Å². The molecule has 2 N–H and O–H groups in total. The van der Waals surface area contributed by atoms with E-state index in [2.05, 4.69) is 43.6 Å². The predicted octanol–water partition coefficient (Wildman–Crippen LogP) is 2.78. The van der Waals surface area contributed by atoms with E-state index in [9.17, 15) is 0 Å². The fourth-order valence-electron chi connectivity index (χ4n) is 1.68. The highest BCUT2D eigenvalue weighted by Crippen LogP contribution is 2.26. The molecule has 92 valence electrons. The van der Waals surface area contributed by atoms with Crippen LogP contribution in [0.1, 0.15) is 38.5 Å². The average molecular weight is 241 g/mol. The molecule has 0 aliphatic rings. The number of hydrogen-bond donors (Lipinski definition) is 2. The van der Waals surface area contributed by atoms with E-state index in [0.29, 0.717) is 12.6 Å². The average Bonchev–Trinajstić information content (AvgIpc) is 2.77. The van der Waals surface area contributed by atoms with Crippen LogP contribution in [0.5, 0.6) is 0 Å². The summed E-state index contributed by atoms with van der Waals surface area (Å²) in [5, 5.41) is 14.4. The molecule has 0 spiro atoms. The third-order valence-corrected chi connectivity index (χ3v) is 4.11. The highest BCUT2D eigenvalue weighted by molar-refractivity contribution is 7.10. The van der Waals surface area contributed by atoms with Crippen LogP contribution in [0.4, 0.5) is 0 Å². The first-order valence-corrected chi connectivity index (χ1v) is 6.82. The standard InChI is InChI=1S/C13H23NOS/c1-11(6-4-8-15)14-10-13(2,3)12-7-5-9-16-12/h5,7,9,11,14-15H,4,6,8,10H2,1-3H3. The molecule has 2 nitrogen and oxygen atoms in total. The van der Waals surface area contributed by atoms with Gasteiger partial charge in [-0.25, -0.2) is 0 Å². The summed E-state index contributed by atoms with van der Waals surface area (Å²) in [5.41, 5.74) is 0.196. The first kappa shape index (κ1) is 13.7. The summed E-state index contributed by atoms with van der Waals surface area (Å²) >= 11 is 1.82. The Balaban J connectivity index is 2.36. The third-order valence-electron chi connectivity index (χ3n) is 2.88. The summed E-state index contributed by atoms with van der Waals surface area (Å²) in [5.74, 6) is 0. The highest BCUT2D eigenvalue weighted by Gasteiger charge is 2.21. The van der Waals surface area contributed by atoms with Gasteiger partial charge in [0.1, 0.15) is 0 Å². The fourth-order valence-corrected chi connectivity index (χ4v) is 2.53. The van der Waals surface area contributed by atoms with Crippen molar-refractivity contribution in [2.75, 3.05) is 13.2 Å². The molecule has 0 saturated carbocycles.